The van der Waals surface area contributed by atoms with Crippen molar-refractivity contribution in [3.05, 3.63) is 0 Å². The summed E-state index contributed by atoms with van der Waals surface area (Å²) in [5.74, 6) is -6.82. The van der Waals surface area contributed by atoms with Crippen LogP contribution in [0.2, 0.25) is 0 Å². The Hall–Kier alpha value is -2.73. The maximum atomic E-state index is 10.6. The summed E-state index contributed by atoms with van der Waals surface area (Å²) >= 11 is 0. The molecule has 0 bridgehead atoms. The Morgan fingerprint density at radius 3 is 0.725 bits per heavy atom. The molecule has 0 aliphatic carbocycles. The molecule has 0 N–H and O–H groups in total. The van der Waals surface area contributed by atoms with Crippen LogP contribution in [0.15, 0.2) is 0 Å². The van der Waals surface area contributed by atoms with Gasteiger partial charge in [-0.3, -0.25) is 4.79 Å². The van der Waals surface area contributed by atoms with Gasteiger partial charge in [0.15, 0.2) is 6.29 Å². The minimum Gasteiger partial charge on any atom is -0.550 e. The molecule has 0 atom stereocenters. The molecule has 0 aliphatic rings. The van der Waals surface area contributed by atoms with E-state index in [0.717, 1.165) is 41.5 Å². The van der Waals surface area contributed by atoms with E-state index >= 15 is 0 Å². The second kappa shape index (κ2) is 46.1. The quantitative estimate of drug-likeness (QED) is 0.153. The molecule has 40 heavy (non-hydrogen) atoms. The SMILES string of the molecule is CC(=O)OCC(OC(C)C)OC(C)C.CC(=O)[O-].CC(=O)[O-].CC(=O)[O-].CC(=O)[O-].CC(=O)[O-].CC(=O)[O-].[Al+3].[Al+3]. The first-order valence-corrected chi connectivity index (χ1v) is 10.3. The van der Waals surface area contributed by atoms with Gasteiger partial charge in [0, 0.05) is 42.7 Å². The van der Waals surface area contributed by atoms with Gasteiger partial charge in [-0.25, -0.2) is 0 Å². The third kappa shape index (κ3) is 393. The molecule has 0 aromatic carbocycles. The predicted octanol–water partition coefficient (Wildman–Crippen LogP) is -6.50. The summed E-state index contributed by atoms with van der Waals surface area (Å²) in [6.07, 6.45) is -0.373. The first-order chi connectivity index (χ1) is 16.8. The fourth-order valence-electron chi connectivity index (χ4n) is 0.903. The molecule has 16 nitrogen and oxygen atoms in total. The molecule has 0 radical (unpaired) electrons. The van der Waals surface area contributed by atoms with Crippen LogP contribution in [0.25, 0.3) is 0 Å². The molecule has 0 amide bonds. The van der Waals surface area contributed by atoms with E-state index < -0.39 is 42.1 Å². The monoisotopic (exact) mass is 612 g/mol. The number of ether oxygens (including phenoxy) is 3. The summed E-state index contributed by atoms with van der Waals surface area (Å²) in [6.45, 7) is 15.0. The van der Waals surface area contributed by atoms with E-state index in [1.807, 2.05) is 27.7 Å². The van der Waals surface area contributed by atoms with Gasteiger partial charge >= 0.3 is 40.7 Å². The van der Waals surface area contributed by atoms with Crippen molar-refractivity contribution in [2.24, 2.45) is 0 Å². The van der Waals surface area contributed by atoms with E-state index in [1.165, 1.54) is 6.92 Å². The van der Waals surface area contributed by atoms with Crippen LogP contribution in [-0.4, -0.2) is 102 Å². The Labute approximate surface area is 255 Å². The molecule has 0 rings (SSSR count). The number of esters is 1. The van der Waals surface area contributed by atoms with Crippen molar-refractivity contribution >= 4 is 76.5 Å². The fourth-order valence-corrected chi connectivity index (χ4v) is 0.903. The third-order valence-electron chi connectivity index (χ3n) is 1.27. The molecule has 18 heteroatoms. The van der Waals surface area contributed by atoms with E-state index in [1.54, 1.807) is 0 Å². The molecule has 0 aliphatic heterocycles. The number of aliphatic carboxylic acids is 6. The second-order valence-corrected chi connectivity index (χ2v) is 6.55. The molecule has 0 saturated heterocycles. The molecular weight excluding hydrogens is 574 g/mol. The first kappa shape index (κ1) is 61.4. The average molecular weight is 612 g/mol. The van der Waals surface area contributed by atoms with E-state index in [9.17, 15) is 4.79 Å². The Balaban J connectivity index is -0.0000000443. The van der Waals surface area contributed by atoms with Crippen molar-refractivity contribution in [2.45, 2.75) is 94.7 Å². The van der Waals surface area contributed by atoms with Crippen LogP contribution in [-0.2, 0) is 47.8 Å². The summed E-state index contributed by atoms with van der Waals surface area (Å²) in [4.78, 5) is 63.9. The van der Waals surface area contributed by atoms with Crippen molar-refractivity contribution in [1.29, 1.82) is 0 Å². The van der Waals surface area contributed by atoms with Crippen molar-refractivity contribution in [2.75, 3.05) is 6.61 Å². The maximum Gasteiger partial charge on any atom is 3.00 e. The maximum absolute atomic E-state index is 10.6. The van der Waals surface area contributed by atoms with Gasteiger partial charge in [0.25, 0.3) is 0 Å². The van der Waals surface area contributed by atoms with Crippen LogP contribution < -0.4 is 30.6 Å². The van der Waals surface area contributed by atoms with Gasteiger partial charge in [-0.1, -0.05) is 0 Å². The number of carbonyl (C=O) groups excluding carboxylic acids is 7. The Bertz CT molecular complexity index is 526. The van der Waals surface area contributed by atoms with Crippen molar-refractivity contribution in [3.8, 4) is 0 Å². The zero-order valence-corrected chi connectivity index (χ0v) is 26.9. The smallest absolute Gasteiger partial charge is 0.550 e. The molecular formula is C22H38Al2O16. The van der Waals surface area contributed by atoms with Gasteiger partial charge in [-0.2, -0.15) is 0 Å². The number of rotatable bonds is 6. The molecule has 0 aromatic heterocycles. The van der Waals surface area contributed by atoms with Crippen LogP contribution in [0.4, 0.5) is 0 Å². The van der Waals surface area contributed by atoms with Gasteiger partial charge < -0.3 is 73.6 Å². The van der Waals surface area contributed by atoms with E-state index in [-0.39, 0.29) is 59.5 Å². The number of carboxylic acid groups (broad SMARTS) is 6. The molecule has 0 fully saturated rings. The Morgan fingerprint density at radius 1 is 0.475 bits per heavy atom. The van der Waals surface area contributed by atoms with E-state index in [2.05, 4.69) is 0 Å². The predicted molar refractivity (Wildman–Crippen MR) is 128 cm³/mol. The third-order valence-corrected chi connectivity index (χ3v) is 1.27. The largest absolute Gasteiger partial charge is 3.00 e. The average Bonchev–Trinajstić information content (AvgIpc) is 2.55. The number of hydrogen-bond acceptors (Lipinski definition) is 16. The Morgan fingerprint density at radius 2 is 0.625 bits per heavy atom. The van der Waals surface area contributed by atoms with Crippen molar-refractivity contribution < 1.29 is 78.4 Å². The molecule has 0 unspecified atom stereocenters. The first-order valence-electron chi connectivity index (χ1n) is 10.3. The molecule has 0 saturated carbocycles. The van der Waals surface area contributed by atoms with Crippen LogP contribution in [0, 0.1) is 0 Å². The van der Waals surface area contributed by atoms with Crippen LogP contribution in [0.5, 0.6) is 0 Å². The molecule has 0 aromatic rings. The van der Waals surface area contributed by atoms with Gasteiger partial charge in [0.05, 0.1) is 12.2 Å². The standard InChI is InChI=1S/C10H20O4.6C2H4O2.2Al/c1-7(2)13-10(14-8(3)4)6-12-9(5)11;6*1-2(3)4;;/h7-8,10H,6H2,1-5H3;6*1H3,(H,3,4);;/q;;;;;;;2*+3/p-6. The van der Waals surface area contributed by atoms with Crippen molar-refractivity contribution in [3.63, 3.8) is 0 Å². The number of hydrogen-bond donors (Lipinski definition) is 0. The van der Waals surface area contributed by atoms with Crippen molar-refractivity contribution in [1.82, 2.24) is 0 Å². The topological polar surface area (TPSA) is 286 Å². The minimum atomic E-state index is -1.08. The zero-order chi connectivity index (χ0) is 32.6. The summed E-state index contributed by atoms with van der Waals surface area (Å²) in [6, 6.07) is 0. The van der Waals surface area contributed by atoms with Crippen LogP contribution in [0.1, 0.15) is 76.2 Å². The summed E-state index contributed by atoms with van der Waals surface area (Å²) in [7, 11) is 0. The minimum absolute atomic E-state index is 0. The fraction of sp³-hybridized carbons (Fsp3) is 0.682. The number of carboxylic acids is 6. The van der Waals surface area contributed by atoms with E-state index in [4.69, 9.17) is 73.6 Å². The summed E-state index contributed by atoms with van der Waals surface area (Å²) in [5.41, 5.74) is 0. The summed E-state index contributed by atoms with van der Waals surface area (Å²) < 4.78 is 15.6. The zero-order valence-electron chi connectivity index (χ0n) is 24.6. The van der Waals surface area contributed by atoms with Gasteiger partial charge in [-0.05, 0) is 69.2 Å². The molecule has 228 valence electrons. The van der Waals surface area contributed by atoms with E-state index in [0.29, 0.717) is 0 Å². The normalized spacial score (nSPS) is 7.75. The second-order valence-electron chi connectivity index (χ2n) is 6.55. The van der Waals surface area contributed by atoms with Gasteiger partial charge in [0.2, 0.25) is 0 Å². The number of carbonyl (C=O) groups is 7. The molecule has 0 spiro atoms. The Kier molecular flexibility index (Phi) is 70.8. The van der Waals surface area contributed by atoms with Gasteiger partial charge in [-0.15, -0.1) is 0 Å². The van der Waals surface area contributed by atoms with Crippen LogP contribution in [0.3, 0.4) is 0 Å². The van der Waals surface area contributed by atoms with Crippen LogP contribution >= 0.6 is 0 Å². The van der Waals surface area contributed by atoms with Gasteiger partial charge in [0.1, 0.15) is 6.61 Å². The summed E-state index contributed by atoms with van der Waals surface area (Å²) in [5, 5.41) is 53.3. The molecule has 0 heterocycles.